The van der Waals surface area contributed by atoms with Crippen LogP contribution in [-0.4, -0.2) is 22.4 Å². The molecule has 0 aromatic carbocycles. The average Bonchev–Trinajstić information content (AvgIpc) is 2.36. The highest BCUT2D eigenvalue weighted by molar-refractivity contribution is 6.44. The van der Waals surface area contributed by atoms with Crippen LogP contribution >= 0.6 is 0 Å². The summed E-state index contributed by atoms with van der Waals surface area (Å²) in [5.74, 6) is -0.0843. The van der Waals surface area contributed by atoms with E-state index in [1.807, 2.05) is 6.55 Å². The second kappa shape index (κ2) is 13.1. The van der Waals surface area contributed by atoms with Crippen molar-refractivity contribution in [3.05, 3.63) is 0 Å². The van der Waals surface area contributed by atoms with E-state index in [1.165, 1.54) is 44.9 Å². The number of hydrogen-bond donors (Lipinski definition) is 0. The summed E-state index contributed by atoms with van der Waals surface area (Å²) in [6.45, 7) is 4.11. The highest BCUT2D eigenvalue weighted by atomic mass is 28.3. The van der Waals surface area contributed by atoms with Gasteiger partial charge in [0.2, 0.25) is 0 Å². The van der Waals surface area contributed by atoms with E-state index in [9.17, 15) is 4.79 Å². The van der Waals surface area contributed by atoms with E-state index in [1.54, 1.807) is 7.11 Å². The van der Waals surface area contributed by atoms with Crippen LogP contribution in [0.4, 0.5) is 0 Å². The van der Waals surface area contributed by atoms with Gasteiger partial charge in [0.15, 0.2) is 0 Å². The Morgan fingerprint density at radius 2 is 1.44 bits per heavy atom. The van der Waals surface area contributed by atoms with Crippen LogP contribution in [0.3, 0.4) is 0 Å². The molecule has 0 heterocycles. The maximum atomic E-state index is 11.4. The summed E-state index contributed by atoms with van der Waals surface area (Å²) in [5, 5.41) is 0. The smallest absolute Gasteiger partial charge is 0.381 e. The van der Waals surface area contributed by atoms with Gasteiger partial charge in [-0.15, -0.1) is 0 Å². The summed E-state index contributed by atoms with van der Waals surface area (Å²) in [5.41, 5.74) is 0. The van der Waals surface area contributed by atoms with Crippen molar-refractivity contribution in [2.45, 2.75) is 77.7 Å². The van der Waals surface area contributed by atoms with Crippen molar-refractivity contribution in [1.29, 1.82) is 0 Å². The van der Waals surface area contributed by atoms with Gasteiger partial charge in [-0.25, -0.2) is 0 Å². The van der Waals surface area contributed by atoms with Crippen LogP contribution in [0.2, 0.25) is 6.55 Å². The molecular formula is C14H30O3Si. The standard InChI is InChI=1S/C14H30O3Si/c1-4-5-6-7-8-9-10-11-12-13-14(15)17-18(3)16-2/h18H,4-13H2,1-3H3. The van der Waals surface area contributed by atoms with Crippen LogP contribution in [0.25, 0.3) is 0 Å². The molecule has 0 saturated heterocycles. The van der Waals surface area contributed by atoms with Crippen LogP contribution in [0.15, 0.2) is 0 Å². The molecule has 1 unspecified atom stereocenters. The lowest BCUT2D eigenvalue weighted by Crippen LogP contribution is -2.20. The van der Waals surface area contributed by atoms with Crippen LogP contribution < -0.4 is 0 Å². The Bertz CT molecular complexity index is 197. The van der Waals surface area contributed by atoms with Gasteiger partial charge >= 0.3 is 9.28 Å². The number of carbonyl (C=O) groups is 1. The average molecular weight is 274 g/mol. The first-order chi connectivity index (χ1) is 8.70. The van der Waals surface area contributed by atoms with Gasteiger partial charge < -0.3 is 8.85 Å². The Labute approximate surface area is 114 Å². The Hall–Kier alpha value is -0.353. The van der Waals surface area contributed by atoms with Crippen molar-refractivity contribution in [3.63, 3.8) is 0 Å². The van der Waals surface area contributed by atoms with Crippen molar-refractivity contribution in [1.82, 2.24) is 0 Å². The minimum atomic E-state index is -1.67. The first kappa shape index (κ1) is 17.6. The Morgan fingerprint density at radius 1 is 0.944 bits per heavy atom. The number of hydrogen-bond acceptors (Lipinski definition) is 3. The van der Waals surface area contributed by atoms with Gasteiger partial charge in [-0.05, 0) is 13.0 Å². The molecule has 0 fully saturated rings. The highest BCUT2D eigenvalue weighted by Gasteiger charge is 2.09. The SMILES string of the molecule is CCCCCCCCCCCC(=O)O[SiH](C)OC. The molecule has 0 rings (SSSR count). The second-order valence-electron chi connectivity index (χ2n) is 4.87. The van der Waals surface area contributed by atoms with Crippen LogP contribution in [-0.2, 0) is 13.6 Å². The summed E-state index contributed by atoms with van der Waals surface area (Å²) < 4.78 is 10.2. The Kier molecular flexibility index (Phi) is 12.8. The van der Waals surface area contributed by atoms with Gasteiger partial charge in [0, 0.05) is 13.5 Å². The summed E-state index contributed by atoms with van der Waals surface area (Å²) in [6.07, 6.45) is 12.0. The lowest BCUT2D eigenvalue weighted by molar-refractivity contribution is -0.135. The van der Waals surface area contributed by atoms with Gasteiger partial charge in [-0.1, -0.05) is 58.3 Å². The lowest BCUT2D eigenvalue weighted by Gasteiger charge is -2.09. The molecular weight excluding hydrogens is 244 g/mol. The molecule has 0 aliphatic rings. The Morgan fingerprint density at radius 3 is 1.94 bits per heavy atom. The quantitative estimate of drug-likeness (QED) is 0.399. The molecule has 0 bridgehead atoms. The molecule has 1 atom stereocenters. The summed E-state index contributed by atoms with van der Waals surface area (Å²) in [6, 6.07) is 0. The molecule has 0 aromatic heterocycles. The largest absolute Gasteiger partial charge is 0.497 e. The summed E-state index contributed by atoms with van der Waals surface area (Å²) in [7, 11) is -0.0702. The van der Waals surface area contributed by atoms with Gasteiger partial charge in [0.1, 0.15) is 0 Å². The van der Waals surface area contributed by atoms with E-state index in [2.05, 4.69) is 6.92 Å². The maximum absolute atomic E-state index is 11.4. The lowest BCUT2D eigenvalue weighted by atomic mass is 10.1. The van der Waals surface area contributed by atoms with Crippen LogP contribution in [0.1, 0.15) is 71.1 Å². The van der Waals surface area contributed by atoms with Gasteiger partial charge in [0.05, 0.1) is 0 Å². The first-order valence-electron chi connectivity index (χ1n) is 7.43. The molecule has 4 heteroatoms. The number of unbranched alkanes of at least 4 members (excludes halogenated alkanes) is 8. The number of rotatable bonds is 12. The molecule has 18 heavy (non-hydrogen) atoms. The predicted octanol–water partition coefficient (Wildman–Crippen LogP) is 3.95. The summed E-state index contributed by atoms with van der Waals surface area (Å²) in [4.78, 5) is 11.4. The van der Waals surface area contributed by atoms with E-state index in [0.29, 0.717) is 6.42 Å². The minimum absolute atomic E-state index is 0.0843. The van der Waals surface area contributed by atoms with Crippen molar-refractivity contribution in [2.75, 3.05) is 7.11 Å². The topological polar surface area (TPSA) is 35.5 Å². The molecule has 0 aromatic rings. The monoisotopic (exact) mass is 274 g/mol. The highest BCUT2D eigenvalue weighted by Crippen LogP contribution is 2.10. The van der Waals surface area contributed by atoms with Gasteiger partial charge in [-0.3, -0.25) is 4.79 Å². The van der Waals surface area contributed by atoms with E-state index < -0.39 is 9.28 Å². The third-order valence-electron chi connectivity index (χ3n) is 3.11. The third-order valence-corrected chi connectivity index (χ3v) is 4.37. The minimum Gasteiger partial charge on any atom is -0.497 e. The van der Waals surface area contributed by atoms with E-state index >= 15 is 0 Å². The van der Waals surface area contributed by atoms with E-state index in [-0.39, 0.29) is 5.97 Å². The molecule has 0 radical (unpaired) electrons. The number of carbonyl (C=O) groups excluding carboxylic acids is 1. The fraction of sp³-hybridized carbons (Fsp3) is 0.929. The zero-order valence-corrected chi connectivity index (χ0v) is 13.5. The predicted molar refractivity (Wildman–Crippen MR) is 78.0 cm³/mol. The molecule has 0 N–H and O–H groups in total. The molecule has 0 spiro atoms. The van der Waals surface area contributed by atoms with E-state index in [4.69, 9.17) is 8.85 Å². The molecule has 0 aliphatic heterocycles. The van der Waals surface area contributed by atoms with Gasteiger partial charge in [-0.2, -0.15) is 0 Å². The van der Waals surface area contributed by atoms with Crippen LogP contribution in [0.5, 0.6) is 0 Å². The molecule has 0 amide bonds. The first-order valence-corrected chi connectivity index (χ1v) is 9.52. The molecule has 108 valence electrons. The summed E-state index contributed by atoms with van der Waals surface area (Å²) >= 11 is 0. The normalized spacial score (nSPS) is 12.4. The molecule has 0 aliphatic carbocycles. The van der Waals surface area contributed by atoms with Crippen molar-refractivity contribution < 1.29 is 13.6 Å². The Balaban J connectivity index is 3.17. The third kappa shape index (κ3) is 12.1. The fourth-order valence-electron chi connectivity index (χ4n) is 1.87. The van der Waals surface area contributed by atoms with Gasteiger partial charge in [0.25, 0.3) is 5.97 Å². The second-order valence-corrected chi connectivity index (χ2v) is 6.71. The molecule has 3 nitrogen and oxygen atoms in total. The zero-order chi connectivity index (χ0) is 13.6. The van der Waals surface area contributed by atoms with Crippen molar-refractivity contribution in [2.24, 2.45) is 0 Å². The maximum Gasteiger partial charge on any atom is 0.381 e. The zero-order valence-electron chi connectivity index (χ0n) is 12.4. The van der Waals surface area contributed by atoms with E-state index in [0.717, 1.165) is 12.8 Å². The van der Waals surface area contributed by atoms with Crippen molar-refractivity contribution >= 4 is 15.3 Å². The molecule has 0 saturated carbocycles. The fourth-order valence-corrected chi connectivity index (χ4v) is 2.46. The van der Waals surface area contributed by atoms with Crippen molar-refractivity contribution in [3.8, 4) is 0 Å². The van der Waals surface area contributed by atoms with Crippen LogP contribution in [0, 0.1) is 0 Å².